The number of hydrogen-bond donors (Lipinski definition) is 1. The Hall–Kier alpha value is -1.42. The van der Waals surface area contributed by atoms with Crippen molar-refractivity contribution in [3.63, 3.8) is 0 Å². The molecule has 0 bridgehead atoms. The molecular formula is C17H19Cl2NO2. The molecule has 1 atom stereocenters. The van der Waals surface area contributed by atoms with Crippen molar-refractivity contribution < 1.29 is 9.47 Å². The zero-order chi connectivity index (χ0) is 16.1. The van der Waals surface area contributed by atoms with E-state index in [-0.39, 0.29) is 5.92 Å². The van der Waals surface area contributed by atoms with E-state index in [0.717, 1.165) is 11.1 Å². The van der Waals surface area contributed by atoms with Gasteiger partial charge in [0.05, 0.1) is 14.2 Å². The lowest BCUT2D eigenvalue weighted by molar-refractivity contribution is 0.351. The first-order valence-electron chi connectivity index (χ1n) is 6.95. The summed E-state index contributed by atoms with van der Waals surface area (Å²) in [5, 5.41) is 1.32. The standard InChI is InChI=1S/C17H19Cl2NO2/c1-21-16-9-15(19)8-12(17(16)22-2)7-13(10-20)11-3-5-14(18)6-4-11/h3-6,8-9,13H,7,10,20H2,1-2H3. The van der Waals surface area contributed by atoms with Crippen molar-refractivity contribution in [2.75, 3.05) is 20.8 Å². The maximum absolute atomic E-state index is 6.17. The number of benzene rings is 2. The highest BCUT2D eigenvalue weighted by Gasteiger charge is 2.17. The van der Waals surface area contributed by atoms with E-state index >= 15 is 0 Å². The highest BCUT2D eigenvalue weighted by atomic mass is 35.5. The molecule has 22 heavy (non-hydrogen) atoms. The molecule has 2 aromatic rings. The van der Waals surface area contributed by atoms with Crippen LogP contribution in [0.2, 0.25) is 10.0 Å². The van der Waals surface area contributed by atoms with E-state index in [0.29, 0.717) is 34.5 Å². The van der Waals surface area contributed by atoms with Crippen molar-refractivity contribution in [2.24, 2.45) is 5.73 Å². The number of ether oxygens (including phenoxy) is 2. The Bertz CT molecular complexity index is 629. The number of rotatable bonds is 6. The Balaban J connectivity index is 2.35. The topological polar surface area (TPSA) is 44.5 Å². The summed E-state index contributed by atoms with van der Waals surface area (Å²) in [4.78, 5) is 0. The molecule has 0 heterocycles. The van der Waals surface area contributed by atoms with Gasteiger partial charge in [0, 0.05) is 27.6 Å². The SMILES string of the molecule is COc1cc(Cl)cc(CC(CN)c2ccc(Cl)cc2)c1OC. The lowest BCUT2D eigenvalue weighted by atomic mass is 9.91. The molecule has 2 N–H and O–H groups in total. The average Bonchev–Trinajstić information content (AvgIpc) is 2.52. The largest absolute Gasteiger partial charge is 0.493 e. The molecule has 2 rings (SSSR count). The molecule has 0 aliphatic heterocycles. The average molecular weight is 340 g/mol. The quantitative estimate of drug-likeness (QED) is 0.853. The van der Waals surface area contributed by atoms with Gasteiger partial charge in [-0.15, -0.1) is 0 Å². The van der Waals surface area contributed by atoms with Gasteiger partial charge in [0.15, 0.2) is 11.5 Å². The van der Waals surface area contributed by atoms with E-state index in [1.807, 2.05) is 30.3 Å². The predicted octanol–water partition coefficient (Wildman–Crippen LogP) is 4.30. The molecule has 0 amide bonds. The van der Waals surface area contributed by atoms with Crippen LogP contribution in [0.4, 0.5) is 0 Å². The third-order valence-corrected chi connectivity index (χ3v) is 4.08. The van der Waals surface area contributed by atoms with Crippen LogP contribution in [-0.4, -0.2) is 20.8 Å². The molecule has 1 unspecified atom stereocenters. The van der Waals surface area contributed by atoms with Gasteiger partial charge in [0.25, 0.3) is 0 Å². The molecule has 0 fully saturated rings. The van der Waals surface area contributed by atoms with Crippen LogP contribution < -0.4 is 15.2 Å². The zero-order valence-corrected chi connectivity index (χ0v) is 14.1. The highest BCUT2D eigenvalue weighted by molar-refractivity contribution is 6.31. The van der Waals surface area contributed by atoms with Gasteiger partial charge in [-0.25, -0.2) is 0 Å². The Morgan fingerprint density at radius 2 is 1.68 bits per heavy atom. The van der Waals surface area contributed by atoms with Crippen molar-refractivity contribution in [3.8, 4) is 11.5 Å². The van der Waals surface area contributed by atoms with Gasteiger partial charge in [-0.05, 0) is 36.7 Å². The molecule has 0 radical (unpaired) electrons. The fourth-order valence-corrected chi connectivity index (χ4v) is 2.85. The summed E-state index contributed by atoms with van der Waals surface area (Å²) < 4.78 is 10.8. The summed E-state index contributed by atoms with van der Waals surface area (Å²) in [6.45, 7) is 0.514. The second kappa shape index (κ2) is 7.73. The van der Waals surface area contributed by atoms with Crippen molar-refractivity contribution >= 4 is 23.2 Å². The molecule has 0 saturated carbocycles. The molecular weight excluding hydrogens is 321 g/mol. The van der Waals surface area contributed by atoms with Crippen molar-refractivity contribution in [2.45, 2.75) is 12.3 Å². The summed E-state index contributed by atoms with van der Waals surface area (Å²) in [5.74, 6) is 1.46. The lowest BCUT2D eigenvalue weighted by Gasteiger charge is -2.19. The molecule has 0 aromatic heterocycles. The Labute approximate surface area is 140 Å². The van der Waals surface area contributed by atoms with Gasteiger partial charge < -0.3 is 15.2 Å². The number of hydrogen-bond acceptors (Lipinski definition) is 3. The smallest absolute Gasteiger partial charge is 0.164 e. The molecule has 5 heteroatoms. The summed E-state index contributed by atoms with van der Waals surface area (Å²) in [6, 6.07) is 11.4. The number of halogens is 2. The maximum Gasteiger partial charge on any atom is 0.164 e. The van der Waals surface area contributed by atoms with E-state index in [4.69, 9.17) is 38.4 Å². The Morgan fingerprint density at radius 1 is 1.00 bits per heavy atom. The van der Waals surface area contributed by atoms with Crippen LogP contribution in [-0.2, 0) is 6.42 Å². The van der Waals surface area contributed by atoms with Gasteiger partial charge in [-0.2, -0.15) is 0 Å². The van der Waals surface area contributed by atoms with E-state index < -0.39 is 0 Å². The van der Waals surface area contributed by atoms with Crippen LogP contribution >= 0.6 is 23.2 Å². The zero-order valence-electron chi connectivity index (χ0n) is 12.6. The highest BCUT2D eigenvalue weighted by Crippen LogP contribution is 2.37. The van der Waals surface area contributed by atoms with Crippen molar-refractivity contribution in [1.82, 2.24) is 0 Å². The Kier molecular flexibility index (Phi) is 5.95. The minimum absolute atomic E-state index is 0.148. The summed E-state index contributed by atoms with van der Waals surface area (Å²) in [7, 11) is 3.21. The molecule has 0 saturated heterocycles. The second-order valence-electron chi connectivity index (χ2n) is 4.99. The Morgan fingerprint density at radius 3 is 2.23 bits per heavy atom. The van der Waals surface area contributed by atoms with Crippen molar-refractivity contribution in [3.05, 3.63) is 57.6 Å². The summed E-state index contributed by atoms with van der Waals surface area (Å²) >= 11 is 12.1. The first-order chi connectivity index (χ1) is 10.6. The van der Waals surface area contributed by atoms with Crippen LogP contribution in [0.15, 0.2) is 36.4 Å². The van der Waals surface area contributed by atoms with E-state index in [1.165, 1.54) is 0 Å². The predicted molar refractivity (Wildman–Crippen MR) is 91.5 cm³/mol. The molecule has 0 aliphatic rings. The fraction of sp³-hybridized carbons (Fsp3) is 0.294. The number of nitrogens with two attached hydrogens (primary N) is 1. The van der Waals surface area contributed by atoms with Crippen LogP contribution in [0.25, 0.3) is 0 Å². The molecule has 3 nitrogen and oxygen atoms in total. The first kappa shape index (κ1) is 16.9. The molecule has 0 spiro atoms. The van der Waals surface area contributed by atoms with Crippen LogP contribution in [0, 0.1) is 0 Å². The minimum Gasteiger partial charge on any atom is -0.493 e. The summed E-state index contributed by atoms with van der Waals surface area (Å²) in [6.07, 6.45) is 0.707. The van der Waals surface area contributed by atoms with Crippen LogP contribution in [0.3, 0.4) is 0 Å². The van der Waals surface area contributed by atoms with E-state index in [1.54, 1.807) is 20.3 Å². The maximum atomic E-state index is 6.17. The normalized spacial score (nSPS) is 12.0. The monoisotopic (exact) mass is 339 g/mol. The summed E-state index contributed by atoms with van der Waals surface area (Å²) in [5.41, 5.74) is 8.05. The minimum atomic E-state index is 0.148. The second-order valence-corrected chi connectivity index (χ2v) is 5.86. The van der Waals surface area contributed by atoms with Gasteiger partial charge >= 0.3 is 0 Å². The third kappa shape index (κ3) is 3.86. The van der Waals surface area contributed by atoms with E-state index in [9.17, 15) is 0 Å². The van der Waals surface area contributed by atoms with E-state index in [2.05, 4.69) is 0 Å². The molecule has 0 aliphatic carbocycles. The van der Waals surface area contributed by atoms with Gasteiger partial charge in [0.1, 0.15) is 0 Å². The molecule has 2 aromatic carbocycles. The number of methoxy groups -OCH3 is 2. The lowest BCUT2D eigenvalue weighted by Crippen LogP contribution is -2.15. The van der Waals surface area contributed by atoms with Gasteiger partial charge in [0.2, 0.25) is 0 Å². The molecule has 118 valence electrons. The van der Waals surface area contributed by atoms with Gasteiger partial charge in [-0.3, -0.25) is 0 Å². The van der Waals surface area contributed by atoms with Crippen LogP contribution in [0.1, 0.15) is 17.0 Å². The fourth-order valence-electron chi connectivity index (χ4n) is 2.50. The first-order valence-corrected chi connectivity index (χ1v) is 7.70. The third-order valence-electron chi connectivity index (χ3n) is 3.61. The van der Waals surface area contributed by atoms with Crippen LogP contribution in [0.5, 0.6) is 11.5 Å². The van der Waals surface area contributed by atoms with Crippen molar-refractivity contribution in [1.29, 1.82) is 0 Å². The van der Waals surface area contributed by atoms with Gasteiger partial charge in [-0.1, -0.05) is 35.3 Å².